The van der Waals surface area contributed by atoms with E-state index in [2.05, 4.69) is 11.4 Å². The van der Waals surface area contributed by atoms with E-state index in [-0.39, 0.29) is 17.8 Å². The van der Waals surface area contributed by atoms with Gasteiger partial charge >= 0.3 is 6.03 Å². The van der Waals surface area contributed by atoms with Gasteiger partial charge in [0.1, 0.15) is 5.82 Å². The van der Waals surface area contributed by atoms with Gasteiger partial charge < -0.3 is 15.1 Å². The lowest BCUT2D eigenvalue weighted by Gasteiger charge is -2.23. The summed E-state index contributed by atoms with van der Waals surface area (Å²) in [7, 11) is 0. The molecular formula is C24H28FN3O2S. The van der Waals surface area contributed by atoms with Crippen LogP contribution in [0.2, 0.25) is 0 Å². The number of hydrogen-bond donors (Lipinski definition) is 1. The first-order chi connectivity index (χ1) is 15.1. The molecule has 1 aliphatic heterocycles. The Morgan fingerprint density at radius 3 is 2.32 bits per heavy atom. The molecule has 0 radical (unpaired) electrons. The predicted molar refractivity (Wildman–Crippen MR) is 122 cm³/mol. The average Bonchev–Trinajstić information content (AvgIpc) is 3.16. The van der Waals surface area contributed by atoms with Gasteiger partial charge in [-0.05, 0) is 55.7 Å². The summed E-state index contributed by atoms with van der Waals surface area (Å²) in [5.41, 5.74) is 1.32. The summed E-state index contributed by atoms with van der Waals surface area (Å²) in [5.74, 6) is -0.484. The highest BCUT2D eigenvalue weighted by atomic mass is 32.2. The second-order valence-electron chi connectivity index (χ2n) is 8.09. The number of carbonyl (C=O) groups excluding carboxylic acids is 2. The third kappa shape index (κ3) is 5.58. The van der Waals surface area contributed by atoms with E-state index in [1.54, 1.807) is 9.80 Å². The van der Waals surface area contributed by atoms with E-state index < -0.39 is 0 Å². The molecule has 0 bridgehead atoms. The van der Waals surface area contributed by atoms with Crippen molar-refractivity contribution in [1.29, 1.82) is 0 Å². The number of halogens is 1. The molecule has 4 rings (SSSR count). The van der Waals surface area contributed by atoms with Crippen LogP contribution in [0.5, 0.6) is 0 Å². The second-order valence-corrected chi connectivity index (χ2v) is 9.43. The first-order valence-electron chi connectivity index (χ1n) is 11.0. The Balaban J connectivity index is 1.36. The highest BCUT2D eigenvalue weighted by molar-refractivity contribution is 8.00. The lowest BCUT2D eigenvalue weighted by molar-refractivity contribution is 0.0762. The van der Waals surface area contributed by atoms with Crippen molar-refractivity contribution in [2.45, 2.75) is 42.2 Å². The molecule has 0 spiro atoms. The van der Waals surface area contributed by atoms with Gasteiger partial charge in [-0.3, -0.25) is 4.79 Å². The highest BCUT2D eigenvalue weighted by Gasteiger charge is 2.24. The third-order valence-electron chi connectivity index (χ3n) is 5.89. The van der Waals surface area contributed by atoms with Crippen molar-refractivity contribution in [3.63, 3.8) is 0 Å². The van der Waals surface area contributed by atoms with Crippen molar-refractivity contribution in [2.24, 2.45) is 0 Å². The summed E-state index contributed by atoms with van der Waals surface area (Å²) in [6.45, 7) is 2.10. The first-order valence-corrected chi connectivity index (χ1v) is 11.8. The monoisotopic (exact) mass is 441 g/mol. The van der Waals surface area contributed by atoms with Gasteiger partial charge in [0.05, 0.1) is 5.69 Å². The molecule has 164 valence electrons. The minimum absolute atomic E-state index is 0.124. The minimum Gasteiger partial charge on any atom is -0.337 e. The molecule has 0 aromatic heterocycles. The minimum atomic E-state index is -0.360. The van der Waals surface area contributed by atoms with Crippen LogP contribution in [0.25, 0.3) is 0 Å². The van der Waals surface area contributed by atoms with Crippen LogP contribution in [0.1, 0.15) is 42.5 Å². The maximum Gasteiger partial charge on any atom is 0.321 e. The smallest absolute Gasteiger partial charge is 0.321 e. The van der Waals surface area contributed by atoms with Crippen LogP contribution < -0.4 is 5.32 Å². The molecule has 3 amide bonds. The fourth-order valence-electron chi connectivity index (χ4n) is 4.15. The number of nitrogens with zero attached hydrogens (tertiary/aromatic N) is 2. The number of carbonyl (C=O) groups is 2. The zero-order valence-corrected chi connectivity index (χ0v) is 18.4. The predicted octanol–water partition coefficient (Wildman–Crippen LogP) is 5.24. The number of rotatable bonds is 4. The van der Waals surface area contributed by atoms with Gasteiger partial charge in [0.2, 0.25) is 0 Å². The lowest BCUT2D eigenvalue weighted by atomic mass is 10.2. The standard InChI is InChI=1S/C24H28FN3O2S/c25-19-12-10-18(11-13-19)23(29)27-14-5-15-28(17-16-27)24(30)26-21-8-3-4-9-22(21)31-20-6-1-2-7-20/h3-4,8-13,20H,1-2,5-7,14-17H2,(H,26,30). The van der Waals surface area contributed by atoms with E-state index in [4.69, 9.17) is 0 Å². The van der Waals surface area contributed by atoms with Crippen molar-refractivity contribution < 1.29 is 14.0 Å². The molecule has 0 unspecified atom stereocenters. The third-order valence-corrected chi connectivity index (χ3v) is 7.30. The highest BCUT2D eigenvalue weighted by Crippen LogP contribution is 2.38. The number of benzene rings is 2. The van der Waals surface area contributed by atoms with E-state index in [0.29, 0.717) is 43.4 Å². The van der Waals surface area contributed by atoms with Crippen molar-refractivity contribution in [1.82, 2.24) is 9.80 Å². The van der Waals surface area contributed by atoms with Gasteiger partial charge in [-0.1, -0.05) is 25.0 Å². The zero-order valence-electron chi connectivity index (χ0n) is 17.6. The fraction of sp³-hybridized carbons (Fsp3) is 0.417. The normalized spacial score (nSPS) is 17.5. The molecule has 0 atom stereocenters. The fourth-order valence-corrected chi connectivity index (χ4v) is 5.48. The summed E-state index contributed by atoms with van der Waals surface area (Å²) in [6.07, 6.45) is 5.74. The number of thioether (sulfide) groups is 1. The Kier molecular flexibility index (Phi) is 7.12. The number of anilines is 1. The topological polar surface area (TPSA) is 52.7 Å². The summed E-state index contributed by atoms with van der Waals surface area (Å²) in [4.78, 5) is 30.3. The molecular weight excluding hydrogens is 413 g/mol. The maximum absolute atomic E-state index is 13.1. The quantitative estimate of drug-likeness (QED) is 0.706. The van der Waals surface area contributed by atoms with E-state index in [1.165, 1.54) is 49.9 Å². The molecule has 2 aliphatic rings. The number of nitrogens with one attached hydrogen (secondary N) is 1. The summed E-state index contributed by atoms with van der Waals surface area (Å²) < 4.78 is 13.1. The molecule has 1 saturated carbocycles. The molecule has 1 saturated heterocycles. The van der Waals surface area contributed by atoms with Gasteiger partial charge in [-0.25, -0.2) is 9.18 Å². The summed E-state index contributed by atoms with van der Waals surface area (Å²) >= 11 is 1.86. The second kappa shape index (κ2) is 10.2. The van der Waals surface area contributed by atoms with Gasteiger partial charge in [-0.15, -0.1) is 11.8 Å². The molecule has 2 aromatic carbocycles. The Morgan fingerprint density at radius 2 is 1.55 bits per heavy atom. The van der Waals surface area contributed by atoms with E-state index in [0.717, 1.165) is 10.6 Å². The molecule has 5 nitrogen and oxygen atoms in total. The molecule has 1 aliphatic carbocycles. The van der Waals surface area contributed by atoms with E-state index in [9.17, 15) is 14.0 Å². The van der Waals surface area contributed by atoms with Crippen molar-refractivity contribution in [2.75, 3.05) is 31.5 Å². The first kappa shape index (κ1) is 21.7. The van der Waals surface area contributed by atoms with Crippen LogP contribution in [0.4, 0.5) is 14.9 Å². The summed E-state index contributed by atoms with van der Waals surface area (Å²) in [6, 6.07) is 13.5. The van der Waals surface area contributed by atoms with Crippen molar-refractivity contribution >= 4 is 29.4 Å². The van der Waals surface area contributed by atoms with Gasteiger partial charge in [0.15, 0.2) is 0 Å². The Hall–Kier alpha value is -2.54. The van der Waals surface area contributed by atoms with Crippen LogP contribution in [-0.2, 0) is 0 Å². The maximum atomic E-state index is 13.1. The number of para-hydroxylation sites is 1. The zero-order chi connectivity index (χ0) is 21.6. The van der Waals surface area contributed by atoms with Gasteiger partial charge in [-0.2, -0.15) is 0 Å². The largest absolute Gasteiger partial charge is 0.337 e. The van der Waals surface area contributed by atoms with Crippen LogP contribution in [0.15, 0.2) is 53.4 Å². The van der Waals surface area contributed by atoms with Gasteiger partial charge in [0, 0.05) is 41.9 Å². The molecule has 7 heteroatoms. The molecule has 2 fully saturated rings. The molecule has 1 heterocycles. The summed E-state index contributed by atoms with van der Waals surface area (Å²) in [5, 5.41) is 3.71. The molecule has 2 aromatic rings. The molecule has 31 heavy (non-hydrogen) atoms. The Morgan fingerprint density at radius 1 is 0.871 bits per heavy atom. The van der Waals surface area contributed by atoms with Gasteiger partial charge in [0.25, 0.3) is 5.91 Å². The number of urea groups is 1. The Bertz CT molecular complexity index is 915. The average molecular weight is 442 g/mol. The van der Waals surface area contributed by atoms with Crippen LogP contribution in [0, 0.1) is 5.82 Å². The SMILES string of the molecule is O=C(Nc1ccccc1SC1CCCC1)N1CCCN(C(=O)c2ccc(F)cc2)CC1. The van der Waals surface area contributed by atoms with E-state index >= 15 is 0 Å². The van der Waals surface area contributed by atoms with Crippen molar-refractivity contribution in [3.05, 3.63) is 59.9 Å². The lowest BCUT2D eigenvalue weighted by Crippen LogP contribution is -2.39. The number of hydrogen-bond acceptors (Lipinski definition) is 3. The van der Waals surface area contributed by atoms with Crippen molar-refractivity contribution in [3.8, 4) is 0 Å². The molecule has 1 N–H and O–H groups in total. The van der Waals surface area contributed by atoms with Crippen LogP contribution >= 0.6 is 11.8 Å². The Labute approximate surface area is 187 Å². The van der Waals surface area contributed by atoms with Crippen LogP contribution in [0.3, 0.4) is 0 Å². The van der Waals surface area contributed by atoms with E-state index in [1.807, 2.05) is 30.0 Å². The number of amides is 3. The van der Waals surface area contributed by atoms with Crippen LogP contribution in [-0.4, -0.2) is 53.2 Å².